The van der Waals surface area contributed by atoms with Crippen LogP contribution in [-0.4, -0.2) is 18.5 Å². The number of carbonyl (C=O) groups excluding carboxylic acids is 1. The molecule has 3 rings (SSSR count). The highest BCUT2D eigenvalue weighted by Gasteiger charge is 2.24. The van der Waals surface area contributed by atoms with Gasteiger partial charge in [0.15, 0.2) is 5.70 Å². The third kappa shape index (κ3) is 5.44. The third-order valence-electron chi connectivity index (χ3n) is 4.14. The maximum Gasteiger partial charge on any atom is 0.363 e. The first-order valence-electron chi connectivity index (χ1n) is 9.17. The van der Waals surface area contributed by atoms with Crippen LogP contribution in [0.25, 0.3) is 6.08 Å². The van der Waals surface area contributed by atoms with Gasteiger partial charge in [0.1, 0.15) is 5.75 Å². The normalized spacial score (nSPS) is 15.0. The van der Waals surface area contributed by atoms with Crippen LogP contribution in [0.4, 0.5) is 0 Å². The SMILES string of the molecule is CCCCCCOc1ccc(/C=C2\N=C(c3cccc(Cl)c3)OC2=O)cc1. The van der Waals surface area contributed by atoms with E-state index in [9.17, 15) is 4.79 Å². The van der Waals surface area contributed by atoms with Gasteiger partial charge in [0.05, 0.1) is 6.61 Å². The molecule has 1 aliphatic heterocycles. The molecule has 2 aromatic carbocycles. The Morgan fingerprint density at radius 2 is 1.93 bits per heavy atom. The van der Waals surface area contributed by atoms with Crippen LogP contribution in [0.15, 0.2) is 59.2 Å². The van der Waals surface area contributed by atoms with Crippen molar-refractivity contribution in [2.45, 2.75) is 32.6 Å². The predicted molar refractivity (Wildman–Crippen MR) is 108 cm³/mol. The second-order valence-corrected chi connectivity index (χ2v) is 6.76. The summed E-state index contributed by atoms with van der Waals surface area (Å²) in [6.07, 6.45) is 6.41. The Bertz CT molecular complexity index is 856. The lowest BCUT2D eigenvalue weighted by atomic mass is 10.2. The average molecular weight is 384 g/mol. The van der Waals surface area contributed by atoms with Crippen molar-refractivity contribution in [3.63, 3.8) is 0 Å². The van der Waals surface area contributed by atoms with Crippen molar-refractivity contribution in [2.24, 2.45) is 4.99 Å². The van der Waals surface area contributed by atoms with Crippen LogP contribution in [0.5, 0.6) is 5.75 Å². The molecule has 5 heteroatoms. The van der Waals surface area contributed by atoms with Gasteiger partial charge in [-0.15, -0.1) is 0 Å². The molecule has 0 N–H and O–H groups in total. The summed E-state index contributed by atoms with van der Waals surface area (Å²) in [6.45, 7) is 2.91. The first-order valence-corrected chi connectivity index (χ1v) is 9.55. The standard InChI is InChI=1S/C22H22ClNO3/c1-2-3-4-5-13-26-19-11-9-16(10-12-19)14-20-22(25)27-21(24-20)17-7-6-8-18(23)15-17/h6-12,14-15H,2-5,13H2,1H3/b20-14-. The zero-order valence-electron chi connectivity index (χ0n) is 15.3. The molecular weight excluding hydrogens is 362 g/mol. The summed E-state index contributed by atoms with van der Waals surface area (Å²) in [7, 11) is 0. The van der Waals surface area contributed by atoms with E-state index < -0.39 is 5.97 Å². The Kier molecular flexibility index (Phi) is 6.66. The van der Waals surface area contributed by atoms with Crippen LogP contribution in [0.2, 0.25) is 5.02 Å². The third-order valence-corrected chi connectivity index (χ3v) is 4.38. The fourth-order valence-corrected chi connectivity index (χ4v) is 2.88. The topological polar surface area (TPSA) is 47.9 Å². The number of benzene rings is 2. The molecule has 0 spiro atoms. The molecule has 1 heterocycles. The first kappa shape index (κ1) is 19.2. The van der Waals surface area contributed by atoms with Crippen molar-refractivity contribution in [1.82, 2.24) is 0 Å². The van der Waals surface area contributed by atoms with Crippen molar-refractivity contribution in [3.05, 3.63) is 70.4 Å². The van der Waals surface area contributed by atoms with Gasteiger partial charge in [-0.25, -0.2) is 9.79 Å². The lowest BCUT2D eigenvalue weighted by molar-refractivity contribution is -0.129. The minimum absolute atomic E-state index is 0.262. The molecule has 0 radical (unpaired) electrons. The number of esters is 1. The average Bonchev–Trinajstić information content (AvgIpc) is 3.03. The summed E-state index contributed by atoms with van der Waals surface area (Å²) >= 11 is 5.98. The van der Waals surface area contributed by atoms with Crippen LogP contribution < -0.4 is 4.74 Å². The van der Waals surface area contributed by atoms with Gasteiger partial charge in [0, 0.05) is 10.6 Å². The first-order chi connectivity index (χ1) is 13.2. The van der Waals surface area contributed by atoms with Crippen LogP contribution in [0, 0.1) is 0 Å². The highest BCUT2D eigenvalue weighted by Crippen LogP contribution is 2.22. The second kappa shape index (κ2) is 9.38. The highest BCUT2D eigenvalue weighted by atomic mass is 35.5. The fraction of sp³-hybridized carbons (Fsp3) is 0.273. The Hall–Kier alpha value is -2.59. The molecule has 27 heavy (non-hydrogen) atoms. The summed E-state index contributed by atoms with van der Waals surface area (Å²) in [4.78, 5) is 16.4. The molecule has 4 nitrogen and oxygen atoms in total. The molecular formula is C22H22ClNO3. The largest absolute Gasteiger partial charge is 0.494 e. The minimum Gasteiger partial charge on any atom is -0.494 e. The number of nitrogens with zero attached hydrogens (tertiary/aromatic N) is 1. The van der Waals surface area contributed by atoms with E-state index >= 15 is 0 Å². The summed E-state index contributed by atoms with van der Waals surface area (Å²) in [6, 6.07) is 14.6. The van der Waals surface area contributed by atoms with Gasteiger partial charge in [0.25, 0.3) is 0 Å². The fourth-order valence-electron chi connectivity index (χ4n) is 2.69. The molecule has 140 valence electrons. The molecule has 0 fully saturated rings. The molecule has 0 unspecified atom stereocenters. The molecule has 1 aliphatic rings. The van der Waals surface area contributed by atoms with E-state index in [1.165, 1.54) is 19.3 Å². The Balaban J connectivity index is 1.64. The smallest absolute Gasteiger partial charge is 0.363 e. The summed E-state index contributed by atoms with van der Waals surface area (Å²) in [5, 5.41) is 0.564. The van der Waals surface area contributed by atoms with Crippen molar-refractivity contribution in [1.29, 1.82) is 0 Å². The molecule has 0 aromatic heterocycles. The Labute approximate surface area is 164 Å². The number of halogens is 1. The van der Waals surface area contributed by atoms with Crippen LogP contribution in [0.3, 0.4) is 0 Å². The van der Waals surface area contributed by atoms with Crippen LogP contribution in [-0.2, 0) is 9.53 Å². The maximum absolute atomic E-state index is 12.1. The molecule has 0 bridgehead atoms. The zero-order valence-corrected chi connectivity index (χ0v) is 16.0. The van der Waals surface area contributed by atoms with E-state index in [4.69, 9.17) is 21.1 Å². The van der Waals surface area contributed by atoms with Crippen molar-refractivity contribution < 1.29 is 14.3 Å². The van der Waals surface area contributed by atoms with E-state index in [0.717, 1.165) is 24.3 Å². The quantitative estimate of drug-likeness (QED) is 0.336. The van der Waals surface area contributed by atoms with Crippen molar-refractivity contribution in [2.75, 3.05) is 6.61 Å². The highest BCUT2D eigenvalue weighted by molar-refractivity contribution is 6.31. The number of ether oxygens (including phenoxy) is 2. The Morgan fingerprint density at radius 3 is 2.67 bits per heavy atom. The van der Waals surface area contributed by atoms with Gasteiger partial charge in [0.2, 0.25) is 5.90 Å². The van der Waals surface area contributed by atoms with Crippen LogP contribution in [0.1, 0.15) is 43.7 Å². The lowest BCUT2D eigenvalue weighted by Crippen LogP contribution is -2.05. The molecule has 0 amide bonds. The molecule has 0 saturated carbocycles. The molecule has 2 aromatic rings. The number of cyclic esters (lactones) is 1. The summed E-state index contributed by atoms with van der Waals surface area (Å²) in [5.74, 6) is 0.618. The van der Waals surface area contributed by atoms with Crippen molar-refractivity contribution >= 4 is 29.5 Å². The molecule has 0 saturated heterocycles. The van der Waals surface area contributed by atoms with Crippen molar-refractivity contribution in [3.8, 4) is 5.75 Å². The lowest BCUT2D eigenvalue weighted by Gasteiger charge is -2.06. The number of unbranched alkanes of at least 4 members (excludes halogenated alkanes) is 3. The predicted octanol–water partition coefficient (Wildman–Crippen LogP) is 5.64. The molecule has 0 aliphatic carbocycles. The van der Waals surface area contributed by atoms with Gasteiger partial charge < -0.3 is 9.47 Å². The second-order valence-electron chi connectivity index (χ2n) is 6.32. The zero-order chi connectivity index (χ0) is 19.1. The summed E-state index contributed by atoms with van der Waals surface area (Å²) in [5.41, 5.74) is 1.79. The van der Waals surface area contributed by atoms with Gasteiger partial charge in [-0.05, 0) is 48.4 Å². The van der Waals surface area contributed by atoms with E-state index in [-0.39, 0.29) is 11.6 Å². The van der Waals surface area contributed by atoms with Crippen LogP contribution >= 0.6 is 11.6 Å². The van der Waals surface area contributed by atoms with Gasteiger partial charge in [-0.1, -0.05) is 56.0 Å². The summed E-state index contributed by atoms with van der Waals surface area (Å²) < 4.78 is 11.0. The van der Waals surface area contributed by atoms with E-state index in [0.29, 0.717) is 10.6 Å². The Morgan fingerprint density at radius 1 is 1.11 bits per heavy atom. The number of hydrogen-bond acceptors (Lipinski definition) is 4. The number of hydrogen-bond donors (Lipinski definition) is 0. The van der Waals surface area contributed by atoms with E-state index in [2.05, 4.69) is 11.9 Å². The van der Waals surface area contributed by atoms with Gasteiger partial charge >= 0.3 is 5.97 Å². The number of carbonyl (C=O) groups is 1. The monoisotopic (exact) mass is 383 g/mol. The van der Waals surface area contributed by atoms with Gasteiger partial charge in [-0.3, -0.25) is 0 Å². The maximum atomic E-state index is 12.1. The van der Waals surface area contributed by atoms with E-state index in [1.54, 1.807) is 30.3 Å². The van der Waals surface area contributed by atoms with Gasteiger partial charge in [-0.2, -0.15) is 0 Å². The number of rotatable bonds is 8. The molecule has 0 atom stereocenters. The minimum atomic E-state index is -0.471. The number of aliphatic imine (C=N–C) groups is 1. The van der Waals surface area contributed by atoms with E-state index in [1.807, 2.05) is 24.3 Å².